The van der Waals surface area contributed by atoms with Crippen molar-refractivity contribution in [1.82, 2.24) is 25.1 Å². The van der Waals surface area contributed by atoms with Gasteiger partial charge in [0.15, 0.2) is 11.6 Å². The minimum absolute atomic E-state index is 0.216. The zero-order valence-electron chi connectivity index (χ0n) is 13.3. The SMILES string of the molecule is Cc1cc(Nc2nc(C(F)(F)c3ccc(F)cn3)nc3ccsc23)n[nH]1. The third-order valence-corrected chi connectivity index (χ3v) is 4.50. The van der Waals surface area contributed by atoms with E-state index < -0.39 is 23.3 Å². The number of nitrogens with one attached hydrogen (secondary N) is 2. The van der Waals surface area contributed by atoms with Crippen LogP contribution < -0.4 is 5.32 Å². The van der Waals surface area contributed by atoms with Crippen molar-refractivity contribution in [3.05, 3.63) is 58.9 Å². The van der Waals surface area contributed by atoms with Crippen molar-refractivity contribution in [3.63, 3.8) is 0 Å². The molecule has 0 atom stereocenters. The molecule has 0 saturated heterocycles. The molecule has 4 aromatic heterocycles. The van der Waals surface area contributed by atoms with E-state index in [1.54, 1.807) is 17.5 Å². The number of nitrogens with zero attached hydrogens (tertiary/aromatic N) is 4. The van der Waals surface area contributed by atoms with Gasteiger partial charge in [-0.1, -0.05) is 0 Å². The van der Waals surface area contributed by atoms with Crippen LogP contribution in [0.4, 0.5) is 24.8 Å². The number of aromatic amines is 1. The van der Waals surface area contributed by atoms with Crippen molar-refractivity contribution >= 4 is 33.2 Å². The first-order chi connectivity index (χ1) is 12.4. The lowest BCUT2D eigenvalue weighted by molar-refractivity contribution is 0.0285. The molecule has 0 bridgehead atoms. The Labute approximate surface area is 149 Å². The van der Waals surface area contributed by atoms with Crippen LogP contribution in [-0.2, 0) is 5.92 Å². The molecule has 0 aromatic carbocycles. The zero-order valence-corrected chi connectivity index (χ0v) is 14.1. The predicted octanol–water partition coefficient (Wildman–Crippen LogP) is 4.14. The summed E-state index contributed by atoms with van der Waals surface area (Å²) in [6.07, 6.45) is 0.734. The number of pyridine rings is 1. The van der Waals surface area contributed by atoms with Crippen LogP contribution >= 0.6 is 11.3 Å². The minimum atomic E-state index is -3.58. The fourth-order valence-corrected chi connectivity index (χ4v) is 3.14. The van der Waals surface area contributed by atoms with Gasteiger partial charge in [0.1, 0.15) is 11.5 Å². The van der Waals surface area contributed by atoms with Crippen LogP contribution in [0.25, 0.3) is 10.2 Å². The number of alkyl halides is 2. The topological polar surface area (TPSA) is 79.4 Å². The highest BCUT2D eigenvalue weighted by molar-refractivity contribution is 7.17. The number of H-pyrrole nitrogens is 1. The number of hydrogen-bond donors (Lipinski definition) is 2. The number of anilines is 2. The Morgan fingerprint density at radius 1 is 1.19 bits per heavy atom. The first-order valence-corrected chi connectivity index (χ1v) is 8.36. The lowest BCUT2D eigenvalue weighted by atomic mass is 10.2. The van der Waals surface area contributed by atoms with E-state index in [-0.39, 0.29) is 5.82 Å². The van der Waals surface area contributed by atoms with Gasteiger partial charge < -0.3 is 5.32 Å². The molecule has 0 aliphatic heterocycles. The smallest absolute Gasteiger partial charge is 0.322 e. The summed E-state index contributed by atoms with van der Waals surface area (Å²) >= 11 is 1.32. The molecular formula is C16H11F3N6S. The van der Waals surface area contributed by atoms with Crippen LogP contribution in [0.15, 0.2) is 35.8 Å². The summed E-state index contributed by atoms with van der Waals surface area (Å²) < 4.78 is 43.3. The van der Waals surface area contributed by atoms with Gasteiger partial charge in [-0.15, -0.1) is 11.3 Å². The fraction of sp³-hybridized carbons (Fsp3) is 0.125. The molecule has 0 spiro atoms. The first-order valence-electron chi connectivity index (χ1n) is 7.48. The Morgan fingerprint density at radius 3 is 2.73 bits per heavy atom. The molecule has 2 N–H and O–H groups in total. The summed E-state index contributed by atoms with van der Waals surface area (Å²) in [5, 5.41) is 11.5. The van der Waals surface area contributed by atoms with E-state index in [2.05, 4.69) is 30.5 Å². The zero-order chi connectivity index (χ0) is 18.3. The summed E-state index contributed by atoms with van der Waals surface area (Å²) in [5.74, 6) is -4.34. The summed E-state index contributed by atoms with van der Waals surface area (Å²) in [6.45, 7) is 1.82. The van der Waals surface area contributed by atoms with Gasteiger partial charge in [-0.3, -0.25) is 10.1 Å². The minimum Gasteiger partial charge on any atom is -0.322 e. The van der Waals surface area contributed by atoms with Gasteiger partial charge >= 0.3 is 5.92 Å². The van der Waals surface area contributed by atoms with E-state index in [1.165, 1.54) is 11.3 Å². The van der Waals surface area contributed by atoms with E-state index in [0.717, 1.165) is 24.0 Å². The largest absolute Gasteiger partial charge is 0.348 e. The molecule has 132 valence electrons. The van der Waals surface area contributed by atoms with Crippen molar-refractivity contribution in [3.8, 4) is 0 Å². The molecule has 4 rings (SSSR count). The van der Waals surface area contributed by atoms with Crippen molar-refractivity contribution < 1.29 is 13.2 Å². The third-order valence-electron chi connectivity index (χ3n) is 3.59. The summed E-state index contributed by atoms with van der Waals surface area (Å²) in [5.41, 5.74) is 0.552. The Kier molecular flexibility index (Phi) is 3.83. The van der Waals surface area contributed by atoms with Gasteiger partial charge in [0.25, 0.3) is 0 Å². The van der Waals surface area contributed by atoms with E-state index in [0.29, 0.717) is 16.0 Å². The quantitative estimate of drug-likeness (QED) is 0.560. The van der Waals surface area contributed by atoms with Crippen LogP contribution in [0.3, 0.4) is 0 Å². The normalized spacial score (nSPS) is 11.8. The molecule has 0 aliphatic carbocycles. The maximum atomic E-state index is 14.8. The number of aromatic nitrogens is 5. The lowest BCUT2D eigenvalue weighted by Gasteiger charge is -2.15. The van der Waals surface area contributed by atoms with Gasteiger partial charge in [0, 0.05) is 11.8 Å². The van der Waals surface area contributed by atoms with Crippen molar-refractivity contribution in [2.24, 2.45) is 0 Å². The van der Waals surface area contributed by atoms with Crippen LogP contribution in [0.1, 0.15) is 17.2 Å². The Morgan fingerprint density at radius 2 is 2.04 bits per heavy atom. The molecular weight excluding hydrogens is 365 g/mol. The first kappa shape index (κ1) is 16.5. The third kappa shape index (κ3) is 2.88. The number of halogens is 3. The highest BCUT2D eigenvalue weighted by Gasteiger charge is 2.40. The summed E-state index contributed by atoms with van der Waals surface area (Å²) in [7, 11) is 0. The Bertz CT molecular complexity index is 1070. The number of thiophene rings is 1. The summed E-state index contributed by atoms with van der Waals surface area (Å²) in [6, 6.07) is 5.19. The van der Waals surface area contributed by atoms with Gasteiger partial charge in [-0.2, -0.15) is 13.9 Å². The molecule has 4 aromatic rings. The van der Waals surface area contributed by atoms with E-state index in [1.807, 2.05) is 6.92 Å². The van der Waals surface area contributed by atoms with Crippen LogP contribution in [0.2, 0.25) is 0 Å². The Balaban J connectivity index is 1.81. The molecule has 26 heavy (non-hydrogen) atoms. The summed E-state index contributed by atoms with van der Waals surface area (Å²) in [4.78, 5) is 11.4. The highest BCUT2D eigenvalue weighted by atomic mass is 32.1. The van der Waals surface area contributed by atoms with E-state index >= 15 is 0 Å². The maximum absolute atomic E-state index is 14.8. The molecule has 0 amide bonds. The molecule has 6 nitrogen and oxygen atoms in total. The molecule has 0 unspecified atom stereocenters. The molecule has 10 heteroatoms. The van der Waals surface area contributed by atoms with Crippen LogP contribution in [0.5, 0.6) is 0 Å². The van der Waals surface area contributed by atoms with Gasteiger partial charge in [-0.05, 0) is 30.5 Å². The molecule has 0 radical (unpaired) electrons. The Hall–Kier alpha value is -3.01. The van der Waals surface area contributed by atoms with Crippen molar-refractivity contribution in [2.75, 3.05) is 5.32 Å². The number of aryl methyl sites for hydroxylation is 1. The van der Waals surface area contributed by atoms with Gasteiger partial charge in [-0.25, -0.2) is 14.4 Å². The lowest BCUT2D eigenvalue weighted by Crippen LogP contribution is -2.21. The standard InChI is InChI=1S/C16H11F3N6S/c1-8-6-12(25-24-8)22-14-13-10(4-5-26-13)21-15(23-14)16(18,19)11-3-2-9(17)7-20-11/h2-7H,1H3,(H2,21,22,23,24,25). The maximum Gasteiger partial charge on any atom is 0.348 e. The second-order valence-electron chi connectivity index (χ2n) is 5.53. The van der Waals surface area contributed by atoms with E-state index in [4.69, 9.17) is 0 Å². The van der Waals surface area contributed by atoms with Gasteiger partial charge in [0.05, 0.1) is 16.4 Å². The second kappa shape index (κ2) is 6.06. The monoisotopic (exact) mass is 376 g/mol. The van der Waals surface area contributed by atoms with Crippen molar-refractivity contribution in [1.29, 1.82) is 0 Å². The second-order valence-corrected chi connectivity index (χ2v) is 6.44. The predicted molar refractivity (Wildman–Crippen MR) is 91.2 cm³/mol. The molecule has 0 aliphatic rings. The van der Waals surface area contributed by atoms with Gasteiger partial charge in [0.2, 0.25) is 5.82 Å². The van der Waals surface area contributed by atoms with Crippen LogP contribution in [-0.4, -0.2) is 25.1 Å². The molecule has 4 heterocycles. The average Bonchev–Trinajstić information content (AvgIpc) is 3.24. The average molecular weight is 376 g/mol. The van der Waals surface area contributed by atoms with Crippen LogP contribution in [0, 0.1) is 12.7 Å². The molecule has 0 fully saturated rings. The number of fused-ring (bicyclic) bond motifs is 1. The highest BCUT2D eigenvalue weighted by Crippen LogP contribution is 2.36. The fourth-order valence-electron chi connectivity index (χ4n) is 2.37. The number of rotatable bonds is 4. The molecule has 0 saturated carbocycles. The number of hydrogen-bond acceptors (Lipinski definition) is 6. The van der Waals surface area contributed by atoms with Crippen molar-refractivity contribution in [2.45, 2.75) is 12.8 Å². The van der Waals surface area contributed by atoms with E-state index in [9.17, 15) is 13.2 Å².